The molecule has 1 rings (SSSR count). The van der Waals surface area contributed by atoms with Crippen LogP contribution in [-0.4, -0.2) is 48.9 Å². The van der Waals surface area contributed by atoms with Crippen LogP contribution >= 0.6 is 0 Å². The Hall–Kier alpha value is -3.14. The highest BCUT2D eigenvalue weighted by Crippen LogP contribution is 2.30. The maximum Gasteiger partial charge on any atom is 0.508 e. The molecule has 0 heterocycles. The standard InChI is InChI=1S/C31H49NO9/c1-9-21(6)18-37-31(36)39-23(8)22(7)38-30(35)25(32)16-24-12-13-26(40-28(33)14-10-19(2)3)27(17-24)41-29(34)15-11-20(4)5/h12-13,17,19-23,25H,9-11,14-16,18,32H2,1-8H3/t21?,22-,23-,25-/m0/s1. The van der Waals surface area contributed by atoms with Crippen molar-refractivity contribution in [3.05, 3.63) is 23.8 Å². The van der Waals surface area contributed by atoms with Crippen LogP contribution in [0.1, 0.15) is 93.1 Å². The molecule has 0 amide bonds. The average molecular weight is 580 g/mol. The lowest BCUT2D eigenvalue weighted by Crippen LogP contribution is -2.39. The lowest BCUT2D eigenvalue weighted by atomic mass is 10.1. The molecule has 0 aromatic heterocycles. The highest BCUT2D eigenvalue weighted by atomic mass is 16.7. The second kappa shape index (κ2) is 18.3. The maximum absolute atomic E-state index is 12.7. The van der Waals surface area contributed by atoms with Crippen LogP contribution in [0.5, 0.6) is 11.5 Å². The molecule has 1 unspecified atom stereocenters. The second-order valence-electron chi connectivity index (χ2n) is 11.4. The Morgan fingerprint density at radius 2 is 1.32 bits per heavy atom. The number of ether oxygens (including phenoxy) is 5. The monoisotopic (exact) mass is 579 g/mol. The van der Waals surface area contributed by atoms with Gasteiger partial charge in [0.25, 0.3) is 0 Å². The molecular formula is C31H49NO9. The first-order valence-electron chi connectivity index (χ1n) is 14.5. The fourth-order valence-corrected chi connectivity index (χ4v) is 3.32. The van der Waals surface area contributed by atoms with Crippen molar-refractivity contribution in [2.75, 3.05) is 6.61 Å². The van der Waals surface area contributed by atoms with Gasteiger partial charge in [-0.2, -0.15) is 0 Å². The van der Waals surface area contributed by atoms with E-state index in [-0.39, 0.29) is 43.3 Å². The predicted octanol–water partition coefficient (Wildman–Crippen LogP) is 5.76. The molecule has 1 aromatic rings. The van der Waals surface area contributed by atoms with Crippen LogP contribution in [0.3, 0.4) is 0 Å². The first-order valence-corrected chi connectivity index (χ1v) is 14.5. The third-order valence-corrected chi connectivity index (χ3v) is 6.49. The molecule has 0 aliphatic heterocycles. The van der Waals surface area contributed by atoms with E-state index in [0.29, 0.717) is 30.2 Å². The van der Waals surface area contributed by atoms with Crippen LogP contribution < -0.4 is 15.2 Å². The summed E-state index contributed by atoms with van der Waals surface area (Å²) in [5, 5.41) is 0. The van der Waals surface area contributed by atoms with Gasteiger partial charge in [-0.15, -0.1) is 0 Å². The summed E-state index contributed by atoms with van der Waals surface area (Å²) >= 11 is 0. The summed E-state index contributed by atoms with van der Waals surface area (Å²) in [7, 11) is 0. The molecule has 232 valence electrons. The van der Waals surface area contributed by atoms with Gasteiger partial charge in [0, 0.05) is 12.8 Å². The van der Waals surface area contributed by atoms with Crippen molar-refractivity contribution < 1.29 is 42.9 Å². The Morgan fingerprint density at radius 3 is 1.85 bits per heavy atom. The predicted molar refractivity (Wildman–Crippen MR) is 154 cm³/mol. The van der Waals surface area contributed by atoms with E-state index >= 15 is 0 Å². The Morgan fingerprint density at radius 1 is 0.780 bits per heavy atom. The molecule has 0 fully saturated rings. The van der Waals surface area contributed by atoms with Crippen molar-refractivity contribution in [1.82, 2.24) is 0 Å². The Kier molecular flexibility index (Phi) is 16.0. The van der Waals surface area contributed by atoms with E-state index in [2.05, 4.69) is 0 Å². The molecule has 0 bridgehead atoms. The van der Waals surface area contributed by atoms with Gasteiger partial charge in [-0.25, -0.2) is 4.79 Å². The fraction of sp³-hybridized carbons (Fsp3) is 0.677. The highest BCUT2D eigenvalue weighted by Gasteiger charge is 2.25. The summed E-state index contributed by atoms with van der Waals surface area (Å²) in [5.74, 6) is -0.513. The van der Waals surface area contributed by atoms with E-state index in [4.69, 9.17) is 29.4 Å². The van der Waals surface area contributed by atoms with Crippen molar-refractivity contribution in [1.29, 1.82) is 0 Å². The van der Waals surface area contributed by atoms with Gasteiger partial charge >= 0.3 is 24.1 Å². The van der Waals surface area contributed by atoms with Gasteiger partial charge in [-0.1, -0.05) is 54.0 Å². The van der Waals surface area contributed by atoms with Gasteiger partial charge in [0.05, 0.1) is 6.61 Å². The minimum absolute atomic E-state index is 0.0653. The van der Waals surface area contributed by atoms with E-state index in [0.717, 1.165) is 6.42 Å². The summed E-state index contributed by atoms with van der Waals surface area (Å²) in [4.78, 5) is 49.4. The van der Waals surface area contributed by atoms with E-state index in [1.165, 1.54) is 12.1 Å². The molecule has 2 N–H and O–H groups in total. The Balaban J connectivity index is 2.86. The van der Waals surface area contributed by atoms with Crippen molar-refractivity contribution in [3.63, 3.8) is 0 Å². The number of nitrogens with two attached hydrogens (primary N) is 1. The molecule has 0 spiro atoms. The van der Waals surface area contributed by atoms with E-state index < -0.39 is 42.3 Å². The van der Waals surface area contributed by atoms with Crippen molar-refractivity contribution in [3.8, 4) is 11.5 Å². The summed E-state index contributed by atoms with van der Waals surface area (Å²) in [6, 6.07) is 3.65. The molecule has 4 atom stereocenters. The minimum Gasteiger partial charge on any atom is -0.458 e. The molecule has 0 aliphatic rings. The largest absolute Gasteiger partial charge is 0.508 e. The first-order chi connectivity index (χ1) is 19.2. The van der Waals surface area contributed by atoms with E-state index in [1.807, 2.05) is 41.5 Å². The summed E-state index contributed by atoms with van der Waals surface area (Å²) in [5.41, 5.74) is 6.69. The molecule has 0 radical (unpaired) electrons. The minimum atomic E-state index is -1.05. The van der Waals surface area contributed by atoms with Gasteiger partial charge in [0.2, 0.25) is 0 Å². The zero-order valence-corrected chi connectivity index (χ0v) is 25.9. The van der Waals surface area contributed by atoms with Crippen LogP contribution in [0.25, 0.3) is 0 Å². The zero-order chi connectivity index (χ0) is 31.1. The summed E-state index contributed by atoms with van der Waals surface area (Å²) in [6.07, 6.45) is 0.328. The van der Waals surface area contributed by atoms with Crippen LogP contribution in [-0.2, 0) is 35.0 Å². The van der Waals surface area contributed by atoms with Gasteiger partial charge in [-0.05, 0) is 68.6 Å². The Labute approximate surface area is 244 Å². The van der Waals surface area contributed by atoms with E-state index in [1.54, 1.807) is 19.9 Å². The van der Waals surface area contributed by atoms with E-state index in [9.17, 15) is 19.2 Å². The second-order valence-corrected chi connectivity index (χ2v) is 11.4. The average Bonchev–Trinajstić information content (AvgIpc) is 2.90. The number of benzene rings is 1. The van der Waals surface area contributed by atoms with Crippen LogP contribution in [0.15, 0.2) is 18.2 Å². The number of rotatable bonds is 17. The lowest BCUT2D eigenvalue weighted by Gasteiger charge is -2.22. The number of esters is 3. The third kappa shape index (κ3) is 14.9. The van der Waals surface area contributed by atoms with Crippen molar-refractivity contribution >= 4 is 24.1 Å². The molecule has 10 nitrogen and oxygen atoms in total. The topological polar surface area (TPSA) is 140 Å². The fourth-order valence-electron chi connectivity index (χ4n) is 3.32. The molecular weight excluding hydrogens is 530 g/mol. The maximum atomic E-state index is 12.7. The molecule has 0 saturated heterocycles. The van der Waals surface area contributed by atoms with Crippen molar-refractivity contribution in [2.45, 2.75) is 112 Å². The van der Waals surface area contributed by atoms with Gasteiger partial charge in [-0.3, -0.25) is 14.4 Å². The number of carbonyl (C=O) groups is 4. The van der Waals surface area contributed by atoms with Gasteiger partial charge < -0.3 is 29.4 Å². The lowest BCUT2D eigenvalue weighted by molar-refractivity contribution is -0.155. The molecule has 0 aliphatic carbocycles. The molecule has 0 saturated carbocycles. The SMILES string of the molecule is CCC(C)COC(=O)O[C@@H](C)[C@H](C)OC(=O)[C@@H](N)Cc1ccc(OC(=O)CCC(C)C)c(OC(=O)CCC(C)C)c1. The third-order valence-electron chi connectivity index (χ3n) is 6.49. The van der Waals surface area contributed by atoms with Crippen molar-refractivity contribution in [2.24, 2.45) is 23.5 Å². The van der Waals surface area contributed by atoms with Crippen LogP contribution in [0.2, 0.25) is 0 Å². The van der Waals surface area contributed by atoms with Crippen LogP contribution in [0, 0.1) is 17.8 Å². The molecule has 41 heavy (non-hydrogen) atoms. The number of hydrogen-bond donors (Lipinski definition) is 1. The first kappa shape index (κ1) is 35.9. The summed E-state index contributed by atoms with van der Waals surface area (Å²) < 4.78 is 26.7. The Bertz CT molecular complexity index is 992. The molecule has 10 heteroatoms. The number of carbonyl (C=O) groups excluding carboxylic acids is 4. The smallest absolute Gasteiger partial charge is 0.458 e. The van der Waals surface area contributed by atoms with Gasteiger partial charge in [0.15, 0.2) is 11.5 Å². The normalized spacial score (nSPS) is 14.1. The van der Waals surface area contributed by atoms with Gasteiger partial charge in [0.1, 0.15) is 18.2 Å². The highest BCUT2D eigenvalue weighted by molar-refractivity contribution is 5.77. The quantitative estimate of drug-likeness (QED) is 0.179. The number of hydrogen-bond acceptors (Lipinski definition) is 10. The summed E-state index contributed by atoms with van der Waals surface area (Å²) in [6.45, 7) is 15.4. The van der Waals surface area contributed by atoms with Crippen LogP contribution in [0.4, 0.5) is 4.79 Å². The molecule has 1 aromatic carbocycles. The zero-order valence-electron chi connectivity index (χ0n) is 25.9.